The number of H-pyrrole nitrogens is 1. The number of hydrogen-bond donors (Lipinski definition) is 1. The summed E-state index contributed by atoms with van der Waals surface area (Å²) < 4.78 is 0. The van der Waals surface area contributed by atoms with E-state index in [-0.39, 0.29) is 5.91 Å². The molecule has 7 heteroatoms. The van der Waals surface area contributed by atoms with Crippen LogP contribution >= 0.6 is 0 Å². The number of nitrogens with zero attached hydrogens (tertiary/aromatic N) is 5. The van der Waals surface area contributed by atoms with Gasteiger partial charge in [0.05, 0.1) is 0 Å². The van der Waals surface area contributed by atoms with Gasteiger partial charge in [-0.1, -0.05) is 24.5 Å². The fraction of sp³-hybridized carbons (Fsp3) is 0.882. The summed E-state index contributed by atoms with van der Waals surface area (Å²) in [6, 6.07) is 0.534. The van der Waals surface area contributed by atoms with E-state index in [1.807, 2.05) is 0 Å². The van der Waals surface area contributed by atoms with Gasteiger partial charge in [0, 0.05) is 19.1 Å². The van der Waals surface area contributed by atoms with Crippen LogP contribution in [-0.2, 0) is 10.2 Å². The average Bonchev–Trinajstić information content (AvgIpc) is 3.34. The van der Waals surface area contributed by atoms with E-state index in [1.54, 1.807) is 0 Å². The Balaban J connectivity index is 1.50. The molecule has 1 aliphatic carbocycles. The summed E-state index contributed by atoms with van der Waals surface area (Å²) in [6.07, 6.45) is 10.1. The van der Waals surface area contributed by atoms with Crippen molar-refractivity contribution in [2.75, 3.05) is 26.2 Å². The molecule has 1 aromatic heterocycles. The maximum absolute atomic E-state index is 13.4. The predicted molar refractivity (Wildman–Crippen MR) is 89.3 cm³/mol. The molecule has 4 rings (SSSR count). The summed E-state index contributed by atoms with van der Waals surface area (Å²) in [5.41, 5.74) is -0.531. The van der Waals surface area contributed by atoms with Gasteiger partial charge < -0.3 is 4.90 Å². The van der Waals surface area contributed by atoms with Crippen molar-refractivity contribution in [1.82, 2.24) is 30.4 Å². The molecule has 0 bridgehead atoms. The number of carbonyl (C=O) groups excluding carboxylic acids is 1. The highest BCUT2D eigenvalue weighted by atomic mass is 16.2. The number of likely N-dealkylation sites (tertiary alicyclic amines) is 2. The Morgan fingerprint density at radius 1 is 1.04 bits per heavy atom. The van der Waals surface area contributed by atoms with Gasteiger partial charge in [-0.15, -0.1) is 10.2 Å². The Hall–Kier alpha value is -1.50. The predicted octanol–water partition coefficient (Wildman–Crippen LogP) is 1.49. The molecule has 7 nitrogen and oxygen atoms in total. The summed E-state index contributed by atoms with van der Waals surface area (Å²) in [7, 11) is 0. The van der Waals surface area contributed by atoms with Gasteiger partial charge in [0.2, 0.25) is 5.91 Å². The number of nitrogens with one attached hydrogen (secondary N) is 1. The lowest BCUT2D eigenvalue weighted by atomic mass is 9.83. The third kappa shape index (κ3) is 2.83. The van der Waals surface area contributed by atoms with Crippen LogP contribution in [0.2, 0.25) is 0 Å². The molecule has 1 amide bonds. The maximum Gasteiger partial charge on any atom is 0.236 e. The van der Waals surface area contributed by atoms with E-state index in [0.29, 0.717) is 11.9 Å². The number of carbonyl (C=O) groups is 1. The summed E-state index contributed by atoms with van der Waals surface area (Å²) in [4.78, 5) is 18.1. The van der Waals surface area contributed by atoms with Crippen LogP contribution in [0.4, 0.5) is 0 Å². The zero-order valence-electron chi connectivity index (χ0n) is 14.4. The van der Waals surface area contributed by atoms with E-state index in [4.69, 9.17) is 0 Å². The number of aromatic nitrogens is 4. The first-order chi connectivity index (χ1) is 11.8. The minimum absolute atomic E-state index is 0.239. The zero-order valence-corrected chi connectivity index (χ0v) is 14.4. The first-order valence-corrected chi connectivity index (χ1v) is 9.57. The van der Waals surface area contributed by atoms with E-state index in [2.05, 4.69) is 30.4 Å². The Morgan fingerprint density at radius 2 is 1.83 bits per heavy atom. The third-order valence-electron chi connectivity index (χ3n) is 6.23. The highest BCUT2D eigenvalue weighted by Gasteiger charge is 2.49. The normalized spacial score (nSPS) is 28.2. The van der Waals surface area contributed by atoms with E-state index in [9.17, 15) is 4.79 Å². The van der Waals surface area contributed by atoms with Crippen LogP contribution in [0.3, 0.4) is 0 Å². The van der Waals surface area contributed by atoms with Gasteiger partial charge in [-0.25, -0.2) is 0 Å². The second-order valence-corrected chi connectivity index (χ2v) is 7.67. The maximum atomic E-state index is 13.4. The van der Waals surface area contributed by atoms with Gasteiger partial charge in [0.15, 0.2) is 5.82 Å². The minimum atomic E-state index is -0.531. The monoisotopic (exact) mass is 332 g/mol. The third-order valence-corrected chi connectivity index (χ3v) is 6.23. The number of hydrogen-bond acceptors (Lipinski definition) is 5. The van der Waals surface area contributed by atoms with Gasteiger partial charge >= 0.3 is 0 Å². The second-order valence-electron chi connectivity index (χ2n) is 7.67. The molecule has 2 saturated heterocycles. The Bertz CT molecular complexity index is 547. The van der Waals surface area contributed by atoms with E-state index in [0.717, 1.165) is 45.2 Å². The molecule has 1 unspecified atom stereocenters. The molecule has 3 fully saturated rings. The fourth-order valence-corrected chi connectivity index (χ4v) is 4.90. The quantitative estimate of drug-likeness (QED) is 0.907. The lowest BCUT2D eigenvalue weighted by Crippen LogP contribution is -2.55. The van der Waals surface area contributed by atoms with E-state index >= 15 is 0 Å². The van der Waals surface area contributed by atoms with Crippen LogP contribution < -0.4 is 0 Å². The van der Waals surface area contributed by atoms with Crippen molar-refractivity contribution >= 4 is 5.91 Å². The molecule has 1 N–H and O–H groups in total. The van der Waals surface area contributed by atoms with Gasteiger partial charge in [0.1, 0.15) is 5.41 Å². The molecule has 1 atom stereocenters. The zero-order chi connectivity index (χ0) is 16.4. The van der Waals surface area contributed by atoms with Gasteiger partial charge in [0.25, 0.3) is 0 Å². The van der Waals surface area contributed by atoms with Gasteiger partial charge in [-0.3, -0.25) is 9.69 Å². The molecule has 1 saturated carbocycles. The summed E-state index contributed by atoms with van der Waals surface area (Å²) >= 11 is 0. The van der Waals surface area contributed by atoms with Crippen LogP contribution in [0.25, 0.3) is 0 Å². The average molecular weight is 332 g/mol. The highest BCUT2D eigenvalue weighted by molar-refractivity contribution is 5.87. The van der Waals surface area contributed by atoms with E-state index in [1.165, 1.54) is 38.8 Å². The van der Waals surface area contributed by atoms with Crippen molar-refractivity contribution in [2.45, 2.75) is 69.2 Å². The largest absolute Gasteiger partial charge is 0.340 e. The van der Waals surface area contributed by atoms with Crippen molar-refractivity contribution in [3.05, 3.63) is 5.82 Å². The Labute approximate surface area is 143 Å². The lowest BCUT2D eigenvalue weighted by Gasteiger charge is -2.43. The Morgan fingerprint density at radius 3 is 2.54 bits per heavy atom. The lowest BCUT2D eigenvalue weighted by molar-refractivity contribution is -0.140. The van der Waals surface area contributed by atoms with E-state index < -0.39 is 5.41 Å². The van der Waals surface area contributed by atoms with Crippen molar-refractivity contribution in [3.63, 3.8) is 0 Å². The molecule has 3 heterocycles. The van der Waals surface area contributed by atoms with Gasteiger partial charge in [-0.2, -0.15) is 5.21 Å². The SMILES string of the molecule is O=C(N1CCCC(N2CCCCC2)C1)C1(c2nn[nH]n2)CCCC1. The standard InChI is InChI=1S/C17H28N6O/c24-16(17(8-2-3-9-17)15-18-20-21-19-15)23-12-6-7-14(13-23)22-10-4-1-5-11-22/h14H,1-13H2,(H,18,19,20,21). The summed E-state index contributed by atoms with van der Waals surface area (Å²) in [5.74, 6) is 0.841. The van der Waals surface area contributed by atoms with Crippen LogP contribution in [0.1, 0.15) is 63.6 Å². The highest BCUT2D eigenvalue weighted by Crippen LogP contribution is 2.41. The van der Waals surface area contributed by atoms with Crippen molar-refractivity contribution in [3.8, 4) is 0 Å². The topological polar surface area (TPSA) is 78.0 Å². The first kappa shape index (κ1) is 16.0. The fourth-order valence-electron chi connectivity index (χ4n) is 4.90. The number of tetrazole rings is 1. The molecule has 0 radical (unpaired) electrons. The van der Waals surface area contributed by atoms with Crippen molar-refractivity contribution < 1.29 is 4.79 Å². The molecule has 0 aromatic carbocycles. The molecule has 3 aliphatic rings. The molecule has 1 aromatic rings. The molecule has 132 valence electrons. The van der Waals surface area contributed by atoms with Gasteiger partial charge in [-0.05, 0) is 51.6 Å². The second kappa shape index (κ2) is 6.78. The number of aromatic amines is 1. The number of rotatable bonds is 3. The van der Waals surface area contributed by atoms with Crippen LogP contribution in [0, 0.1) is 0 Å². The van der Waals surface area contributed by atoms with Crippen molar-refractivity contribution in [2.24, 2.45) is 0 Å². The van der Waals surface area contributed by atoms with Crippen molar-refractivity contribution in [1.29, 1.82) is 0 Å². The summed E-state index contributed by atoms with van der Waals surface area (Å²) in [5, 5.41) is 14.6. The van der Waals surface area contributed by atoms with Crippen LogP contribution in [-0.4, -0.2) is 68.6 Å². The molecular formula is C17H28N6O. The Kier molecular flexibility index (Phi) is 4.52. The number of amides is 1. The number of piperidine rings is 2. The smallest absolute Gasteiger partial charge is 0.236 e. The molecule has 0 spiro atoms. The first-order valence-electron chi connectivity index (χ1n) is 9.57. The van der Waals surface area contributed by atoms with Crippen LogP contribution in [0.15, 0.2) is 0 Å². The van der Waals surface area contributed by atoms with Crippen LogP contribution in [0.5, 0.6) is 0 Å². The molecule has 24 heavy (non-hydrogen) atoms. The molecular weight excluding hydrogens is 304 g/mol. The molecule has 2 aliphatic heterocycles. The minimum Gasteiger partial charge on any atom is -0.340 e. The summed E-state index contributed by atoms with van der Waals surface area (Å²) in [6.45, 7) is 4.15.